The first kappa shape index (κ1) is 18.1. The van der Waals surface area contributed by atoms with Gasteiger partial charge in [0.25, 0.3) is 0 Å². The smallest absolute Gasteiger partial charge is 0.240 e. The standard InChI is InChI=1S/C23H25N5O/c1-16-25-26-22-15-27(14-20(28(16)22)11-17-7-3-2-4-8-17)23(29)21-12-18-9-5-6-10-19(18)13-24-21/h2-10,20-21,24H,11-15H2,1H3/t20-,21-/m1/s1. The molecule has 1 aromatic heterocycles. The number of carbonyl (C=O) groups excluding carboxylic acids is 1. The highest BCUT2D eigenvalue weighted by atomic mass is 16.2. The van der Waals surface area contributed by atoms with E-state index in [0.29, 0.717) is 13.1 Å². The number of nitrogens with one attached hydrogen (secondary N) is 1. The van der Waals surface area contributed by atoms with Gasteiger partial charge in [-0.05, 0) is 36.5 Å². The van der Waals surface area contributed by atoms with Gasteiger partial charge in [0.2, 0.25) is 5.91 Å². The molecule has 0 fully saturated rings. The maximum Gasteiger partial charge on any atom is 0.240 e. The van der Waals surface area contributed by atoms with Crippen LogP contribution in [-0.2, 0) is 30.7 Å². The fraction of sp³-hybridized carbons (Fsp3) is 0.348. The van der Waals surface area contributed by atoms with Crippen LogP contribution in [0, 0.1) is 6.92 Å². The number of hydrogen-bond acceptors (Lipinski definition) is 4. The van der Waals surface area contributed by atoms with Gasteiger partial charge in [0, 0.05) is 13.1 Å². The molecule has 0 radical (unpaired) electrons. The second-order valence-corrected chi connectivity index (χ2v) is 8.00. The highest BCUT2D eigenvalue weighted by Crippen LogP contribution is 2.26. The summed E-state index contributed by atoms with van der Waals surface area (Å²) in [7, 11) is 0. The summed E-state index contributed by atoms with van der Waals surface area (Å²) >= 11 is 0. The van der Waals surface area contributed by atoms with Crippen molar-refractivity contribution < 1.29 is 4.79 Å². The number of hydrogen-bond donors (Lipinski definition) is 1. The summed E-state index contributed by atoms with van der Waals surface area (Å²) in [5.74, 6) is 1.95. The molecule has 2 aliphatic heterocycles. The predicted molar refractivity (Wildman–Crippen MR) is 110 cm³/mol. The lowest BCUT2D eigenvalue weighted by molar-refractivity contribution is -0.135. The Morgan fingerprint density at radius 2 is 1.83 bits per heavy atom. The molecule has 0 saturated heterocycles. The quantitative estimate of drug-likeness (QED) is 0.750. The number of carbonyl (C=O) groups is 1. The van der Waals surface area contributed by atoms with Crippen LogP contribution in [0.1, 0.15) is 34.4 Å². The summed E-state index contributed by atoms with van der Waals surface area (Å²) in [5, 5.41) is 12.1. The number of nitrogens with zero attached hydrogens (tertiary/aromatic N) is 4. The van der Waals surface area contributed by atoms with E-state index in [-0.39, 0.29) is 18.0 Å². The molecule has 2 atom stereocenters. The Morgan fingerprint density at radius 3 is 2.66 bits per heavy atom. The molecule has 29 heavy (non-hydrogen) atoms. The third kappa shape index (κ3) is 3.44. The van der Waals surface area contributed by atoms with Crippen molar-refractivity contribution in [2.75, 3.05) is 6.54 Å². The minimum Gasteiger partial charge on any atom is -0.332 e. The first-order valence-electron chi connectivity index (χ1n) is 10.2. The molecule has 0 saturated carbocycles. The molecule has 1 N–H and O–H groups in total. The third-order valence-corrected chi connectivity index (χ3v) is 6.07. The van der Waals surface area contributed by atoms with Gasteiger partial charge in [0.1, 0.15) is 5.82 Å². The number of aryl methyl sites for hydroxylation is 1. The molecule has 5 rings (SSSR count). The van der Waals surface area contributed by atoms with Crippen LogP contribution in [0.25, 0.3) is 0 Å². The Morgan fingerprint density at radius 1 is 1.07 bits per heavy atom. The van der Waals surface area contributed by atoms with E-state index in [1.165, 1.54) is 16.7 Å². The van der Waals surface area contributed by atoms with Crippen LogP contribution in [0.15, 0.2) is 54.6 Å². The van der Waals surface area contributed by atoms with Gasteiger partial charge in [0.05, 0.1) is 18.6 Å². The second-order valence-electron chi connectivity index (χ2n) is 8.00. The molecule has 0 spiro atoms. The van der Waals surface area contributed by atoms with Crippen molar-refractivity contribution in [2.24, 2.45) is 0 Å². The second kappa shape index (κ2) is 7.44. The Labute approximate surface area is 170 Å². The fourth-order valence-corrected chi connectivity index (χ4v) is 4.63. The van der Waals surface area contributed by atoms with Crippen LogP contribution >= 0.6 is 0 Å². The number of rotatable bonds is 3. The largest absolute Gasteiger partial charge is 0.332 e. The Kier molecular flexibility index (Phi) is 4.64. The van der Waals surface area contributed by atoms with E-state index < -0.39 is 0 Å². The predicted octanol–water partition coefficient (Wildman–Crippen LogP) is 2.43. The van der Waals surface area contributed by atoms with E-state index in [4.69, 9.17) is 0 Å². The number of aromatic nitrogens is 3. The van der Waals surface area contributed by atoms with E-state index in [1.807, 2.05) is 24.0 Å². The molecule has 3 aromatic rings. The van der Waals surface area contributed by atoms with Crippen LogP contribution in [0.4, 0.5) is 0 Å². The van der Waals surface area contributed by atoms with E-state index in [0.717, 1.165) is 31.0 Å². The van der Waals surface area contributed by atoms with Crippen molar-refractivity contribution in [1.29, 1.82) is 0 Å². The normalized spacial score (nSPS) is 20.8. The maximum atomic E-state index is 13.4. The molecule has 0 unspecified atom stereocenters. The summed E-state index contributed by atoms with van der Waals surface area (Å²) in [5.41, 5.74) is 3.81. The highest BCUT2D eigenvalue weighted by Gasteiger charge is 2.34. The van der Waals surface area contributed by atoms with Gasteiger partial charge >= 0.3 is 0 Å². The lowest BCUT2D eigenvalue weighted by Gasteiger charge is -2.37. The van der Waals surface area contributed by atoms with Crippen molar-refractivity contribution in [3.63, 3.8) is 0 Å². The van der Waals surface area contributed by atoms with Gasteiger partial charge in [-0.1, -0.05) is 54.6 Å². The van der Waals surface area contributed by atoms with Crippen molar-refractivity contribution >= 4 is 5.91 Å². The SMILES string of the molecule is Cc1nnc2n1[C@H](Cc1ccccc1)CN(C(=O)[C@H]1Cc3ccccc3CN1)C2. The van der Waals surface area contributed by atoms with Crippen LogP contribution < -0.4 is 5.32 Å². The highest BCUT2D eigenvalue weighted by molar-refractivity contribution is 5.82. The monoisotopic (exact) mass is 387 g/mol. The molecule has 2 aromatic carbocycles. The molecule has 6 heteroatoms. The topological polar surface area (TPSA) is 63.1 Å². The number of amides is 1. The fourth-order valence-electron chi connectivity index (χ4n) is 4.63. The van der Waals surface area contributed by atoms with Gasteiger partial charge in [-0.2, -0.15) is 0 Å². The summed E-state index contributed by atoms with van der Waals surface area (Å²) in [6.45, 7) is 3.93. The number of benzene rings is 2. The Hall–Kier alpha value is -2.99. The zero-order valence-corrected chi connectivity index (χ0v) is 16.6. The summed E-state index contributed by atoms with van der Waals surface area (Å²) in [6.07, 6.45) is 1.60. The Bertz CT molecular complexity index is 1030. The first-order valence-corrected chi connectivity index (χ1v) is 10.2. The van der Waals surface area contributed by atoms with Gasteiger partial charge < -0.3 is 14.8 Å². The average Bonchev–Trinajstić information content (AvgIpc) is 3.14. The van der Waals surface area contributed by atoms with E-state index in [1.54, 1.807) is 0 Å². The van der Waals surface area contributed by atoms with E-state index >= 15 is 0 Å². The summed E-state index contributed by atoms with van der Waals surface area (Å²) in [6, 6.07) is 18.8. The van der Waals surface area contributed by atoms with Crippen molar-refractivity contribution in [1.82, 2.24) is 25.0 Å². The molecule has 148 valence electrons. The number of fused-ring (bicyclic) bond motifs is 2. The molecule has 3 heterocycles. The molecule has 2 aliphatic rings. The molecular weight excluding hydrogens is 362 g/mol. The van der Waals surface area contributed by atoms with E-state index in [9.17, 15) is 4.79 Å². The Balaban J connectivity index is 1.38. The summed E-state index contributed by atoms with van der Waals surface area (Å²) in [4.78, 5) is 15.3. The van der Waals surface area contributed by atoms with Crippen molar-refractivity contribution in [2.45, 2.75) is 44.9 Å². The minimum absolute atomic E-state index is 0.149. The van der Waals surface area contributed by atoms with Crippen LogP contribution in [0.5, 0.6) is 0 Å². The van der Waals surface area contributed by atoms with Gasteiger partial charge in [-0.25, -0.2) is 0 Å². The lowest BCUT2D eigenvalue weighted by atomic mass is 9.94. The maximum absolute atomic E-state index is 13.4. The first-order chi connectivity index (χ1) is 14.2. The van der Waals surface area contributed by atoms with Gasteiger partial charge in [-0.3, -0.25) is 4.79 Å². The lowest BCUT2D eigenvalue weighted by Crippen LogP contribution is -2.52. The summed E-state index contributed by atoms with van der Waals surface area (Å²) < 4.78 is 2.21. The zero-order valence-electron chi connectivity index (χ0n) is 16.6. The molecule has 6 nitrogen and oxygen atoms in total. The van der Waals surface area contributed by atoms with Gasteiger partial charge in [-0.15, -0.1) is 10.2 Å². The minimum atomic E-state index is -0.183. The molecule has 0 aliphatic carbocycles. The zero-order chi connectivity index (χ0) is 19.8. The van der Waals surface area contributed by atoms with Crippen LogP contribution in [0.3, 0.4) is 0 Å². The van der Waals surface area contributed by atoms with Crippen LogP contribution in [0.2, 0.25) is 0 Å². The van der Waals surface area contributed by atoms with Crippen LogP contribution in [-0.4, -0.2) is 38.2 Å². The average molecular weight is 387 g/mol. The van der Waals surface area contributed by atoms with E-state index in [2.05, 4.69) is 62.5 Å². The molecular formula is C23H25N5O. The van der Waals surface area contributed by atoms with Crippen molar-refractivity contribution in [3.8, 4) is 0 Å². The molecule has 1 amide bonds. The van der Waals surface area contributed by atoms with Gasteiger partial charge in [0.15, 0.2) is 5.82 Å². The third-order valence-electron chi connectivity index (χ3n) is 6.07. The molecule has 0 bridgehead atoms. The van der Waals surface area contributed by atoms with Crippen molar-refractivity contribution in [3.05, 3.63) is 82.9 Å².